The van der Waals surface area contributed by atoms with E-state index in [1.165, 1.54) is 16.7 Å². The molecule has 1 aromatic rings. The van der Waals surface area contributed by atoms with Crippen molar-refractivity contribution in [3.63, 3.8) is 0 Å². The van der Waals surface area contributed by atoms with Gasteiger partial charge in [0.1, 0.15) is 5.75 Å². The maximum atomic E-state index is 13.0. The van der Waals surface area contributed by atoms with Crippen molar-refractivity contribution in [3.8, 4) is 5.75 Å². The molecular formula is C22H31NO4S. The zero-order valence-electron chi connectivity index (χ0n) is 17.7. The summed E-state index contributed by atoms with van der Waals surface area (Å²) in [5, 5.41) is 0.197. The summed E-state index contributed by atoms with van der Waals surface area (Å²) in [6.07, 6.45) is 0.0585. The minimum atomic E-state index is -0.253. The summed E-state index contributed by atoms with van der Waals surface area (Å²) in [4.78, 5) is 27.7. The summed E-state index contributed by atoms with van der Waals surface area (Å²) in [6, 6.07) is 7.41. The molecule has 1 aliphatic rings. The van der Waals surface area contributed by atoms with E-state index < -0.39 is 0 Å². The molecule has 5 nitrogen and oxygen atoms in total. The van der Waals surface area contributed by atoms with Crippen LogP contribution in [-0.2, 0) is 14.3 Å². The first-order valence-electron chi connectivity index (χ1n) is 9.82. The van der Waals surface area contributed by atoms with Crippen LogP contribution >= 0.6 is 11.8 Å². The molecule has 0 N–H and O–H groups in total. The number of carbonyl (C=O) groups is 2. The third-order valence-electron chi connectivity index (χ3n) is 3.97. The Labute approximate surface area is 172 Å². The zero-order valence-corrected chi connectivity index (χ0v) is 18.5. The van der Waals surface area contributed by atoms with Gasteiger partial charge in [0.2, 0.25) is 0 Å². The van der Waals surface area contributed by atoms with Gasteiger partial charge in [-0.1, -0.05) is 39.8 Å². The van der Waals surface area contributed by atoms with Crippen LogP contribution in [0, 0.1) is 5.92 Å². The topological polar surface area (TPSA) is 55.8 Å². The maximum Gasteiger partial charge on any atom is 0.268 e. The van der Waals surface area contributed by atoms with Crippen LogP contribution in [-0.4, -0.2) is 47.8 Å². The number of imide groups is 1. The maximum absolute atomic E-state index is 13.0. The number of hydrogen-bond acceptors (Lipinski definition) is 5. The molecule has 2 amide bonds. The number of hydrogen-bond donors (Lipinski definition) is 0. The van der Waals surface area contributed by atoms with Gasteiger partial charge in [0.15, 0.2) is 0 Å². The first-order valence-corrected chi connectivity index (χ1v) is 10.7. The highest BCUT2D eigenvalue weighted by molar-refractivity contribution is 8.04. The van der Waals surface area contributed by atoms with Crippen LogP contribution in [0.15, 0.2) is 29.2 Å². The summed E-state index contributed by atoms with van der Waals surface area (Å²) < 4.78 is 11.3. The summed E-state index contributed by atoms with van der Waals surface area (Å²) in [6.45, 7) is 13.3. The Morgan fingerprint density at radius 1 is 0.964 bits per heavy atom. The number of nitrogens with zero attached hydrogens (tertiary/aromatic N) is 1. The van der Waals surface area contributed by atoms with E-state index in [4.69, 9.17) is 9.47 Å². The Hall–Kier alpha value is -1.79. The summed E-state index contributed by atoms with van der Waals surface area (Å²) in [7, 11) is 0. The Balaban J connectivity index is 2.25. The first kappa shape index (κ1) is 22.5. The van der Waals surface area contributed by atoms with Crippen LogP contribution in [0.5, 0.6) is 5.75 Å². The third kappa shape index (κ3) is 5.85. The van der Waals surface area contributed by atoms with Crippen molar-refractivity contribution in [1.82, 2.24) is 4.90 Å². The van der Waals surface area contributed by atoms with Gasteiger partial charge < -0.3 is 9.47 Å². The Morgan fingerprint density at radius 3 is 2.14 bits per heavy atom. The lowest BCUT2D eigenvalue weighted by atomic mass is 10.1. The molecule has 1 aromatic carbocycles. The lowest BCUT2D eigenvalue weighted by Gasteiger charge is -2.16. The van der Waals surface area contributed by atoms with Crippen molar-refractivity contribution in [2.24, 2.45) is 5.92 Å². The molecule has 0 atom stereocenters. The number of thioether (sulfide) groups is 1. The first-order chi connectivity index (χ1) is 13.2. The van der Waals surface area contributed by atoms with Crippen molar-refractivity contribution in [3.05, 3.63) is 34.7 Å². The summed E-state index contributed by atoms with van der Waals surface area (Å²) in [5.41, 5.74) is 1.22. The number of carbonyl (C=O) groups excluding carboxylic acids is 2. The van der Waals surface area contributed by atoms with E-state index in [0.29, 0.717) is 29.6 Å². The quantitative estimate of drug-likeness (QED) is 0.541. The van der Waals surface area contributed by atoms with Crippen molar-refractivity contribution in [1.29, 1.82) is 0 Å². The Morgan fingerprint density at radius 2 is 1.61 bits per heavy atom. The van der Waals surface area contributed by atoms with Crippen LogP contribution in [0.4, 0.5) is 0 Å². The molecule has 28 heavy (non-hydrogen) atoms. The van der Waals surface area contributed by atoms with Gasteiger partial charge in [0.05, 0.1) is 36.3 Å². The number of benzene rings is 1. The second kappa shape index (κ2) is 10.1. The molecule has 0 spiro atoms. The second-order valence-corrected chi connectivity index (χ2v) is 9.37. The van der Waals surface area contributed by atoms with E-state index in [1.54, 1.807) is 0 Å². The largest absolute Gasteiger partial charge is 0.493 e. The monoisotopic (exact) mass is 405 g/mol. The smallest absolute Gasteiger partial charge is 0.268 e. The number of ether oxygens (including phenoxy) is 2. The van der Waals surface area contributed by atoms with Crippen molar-refractivity contribution < 1.29 is 19.1 Å². The predicted octanol–water partition coefficient (Wildman–Crippen LogP) is 4.37. The van der Waals surface area contributed by atoms with E-state index in [-0.39, 0.29) is 29.7 Å². The Bertz CT molecular complexity index is 723. The average Bonchev–Trinajstić information content (AvgIpc) is 2.84. The SMILES string of the molecule is CC(C)COc1ccc(C2=C(SC(C)C)C(=O)N(CCOC(C)C)C2=O)cc1. The molecule has 2 rings (SSSR count). The van der Waals surface area contributed by atoms with Crippen molar-refractivity contribution in [2.75, 3.05) is 19.8 Å². The lowest BCUT2D eigenvalue weighted by Crippen LogP contribution is -2.35. The lowest BCUT2D eigenvalue weighted by molar-refractivity contribution is -0.137. The van der Waals surface area contributed by atoms with E-state index >= 15 is 0 Å². The normalized spacial score (nSPS) is 15.0. The van der Waals surface area contributed by atoms with Crippen LogP contribution in [0.3, 0.4) is 0 Å². The molecule has 1 heterocycles. The van der Waals surface area contributed by atoms with Gasteiger partial charge in [-0.05, 0) is 37.5 Å². The third-order valence-corrected chi connectivity index (χ3v) is 5.06. The highest BCUT2D eigenvalue weighted by Crippen LogP contribution is 2.38. The van der Waals surface area contributed by atoms with Gasteiger partial charge in [-0.3, -0.25) is 14.5 Å². The fourth-order valence-corrected chi connectivity index (χ4v) is 3.72. The molecule has 0 bridgehead atoms. The van der Waals surface area contributed by atoms with E-state index in [1.807, 2.05) is 52.0 Å². The summed E-state index contributed by atoms with van der Waals surface area (Å²) in [5.74, 6) is 0.713. The fourth-order valence-electron chi connectivity index (χ4n) is 2.72. The summed E-state index contributed by atoms with van der Waals surface area (Å²) >= 11 is 1.43. The van der Waals surface area contributed by atoms with Gasteiger partial charge >= 0.3 is 0 Å². The molecule has 0 fully saturated rings. The van der Waals surface area contributed by atoms with E-state index in [9.17, 15) is 9.59 Å². The van der Waals surface area contributed by atoms with Gasteiger partial charge in [-0.15, -0.1) is 11.8 Å². The highest BCUT2D eigenvalue weighted by atomic mass is 32.2. The van der Waals surface area contributed by atoms with Crippen LogP contribution in [0.25, 0.3) is 5.57 Å². The molecular weight excluding hydrogens is 374 g/mol. The number of rotatable bonds is 10. The zero-order chi connectivity index (χ0) is 20.8. The fraction of sp³-hybridized carbons (Fsp3) is 0.545. The van der Waals surface area contributed by atoms with E-state index in [0.717, 1.165) is 11.3 Å². The predicted molar refractivity (Wildman–Crippen MR) is 114 cm³/mol. The standard InChI is InChI=1S/C22H31NO4S/c1-14(2)13-27-18-9-7-17(8-10-18)19-20(28-16(5)6)22(25)23(21(19)24)11-12-26-15(3)4/h7-10,14-16H,11-13H2,1-6H3. The van der Waals surface area contributed by atoms with Gasteiger partial charge in [-0.2, -0.15) is 0 Å². The van der Waals surface area contributed by atoms with Crippen LogP contribution in [0.1, 0.15) is 47.1 Å². The molecule has 6 heteroatoms. The van der Waals surface area contributed by atoms with Crippen LogP contribution < -0.4 is 4.74 Å². The molecule has 154 valence electrons. The Kier molecular flexibility index (Phi) is 8.13. The van der Waals surface area contributed by atoms with Gasteiger partial charge in [0.25, 0.3) is 11.8 Å². The molecule has 0 aliphatic carbocycles. The molecule has 1 aliphatic heterocycles. The minimum Gasteiger partial charge on any atom is -0.493 e. The molecule has 0 radical (unpaired) electrons. The van der Waals surface area contributed by atoms with Crippen LogP contribution in [0.2, 0.25) is 0 Å². The molecule has 0 saturated heterocycles. The van der Waals surface area contributed by atoms with E-state index in [2.05, 4.69) is 13.8 Å². The highest BCUT2D eigenvalue weighted by Gasteiger charge is 2.39. The van der Waals surface area contributed by atoms with Gasteiger partial charge in [0, 0.05) is 5.25 Å². The second-order valence-electron chi connectivity index (χ2n) is 7.78. The number of amides is 2. The molecule has 0 saturated carbocycles. The van der Waals surface area contributed by atoms with Gasteiger partial charge in [-0.25, -0.2) is 0 Å². The van der Waals surface area contributed by atoms with Crippen molar-refractivity contribution in [2.45, 2.75) is 52.9 Å². The average molecular weight is 406 g/mol. The minimum absolute atomic E-state index is 0.0585. The van der Waals surface area contributed by atoms with Crippen molar-refractivity contribution >= 4 is 29.1 Å². The molecule has 0 aromatic heterocycles. The molecule has 0 unspecified atom stereocenters.